The van der Waals surface area contributed by atoms with Crippen molar-refractivity contribution in [3.05, 3.63) is 0 Å². The van der Waals surface area contributed by atoms with Crippen LogP contribution in [0.25, 0.3) is 0 Å². The standard InChI is InChI=1S/C13H26N2O2/c1-10(8-9-14)6-7-13(17)15-11-4-2-3-5-12(11)16/h10-12,16H,2-9,14H2,1H3,(H,15,17)/t10?,11-,12-/m1/s1. The fourth-order valence-electron chi connectivity index (χ4n) is 2.36. The maximum absolute atomic E-state index is 11.7. The largest absolute Gasteiger partial charge is 0.391 e. The van der Waals surface area contributed by atoms with Crippen molar-refractivity contribution in [3.8, 4) is 0 Å². The van der Waals surface area contributed by atoms with E-state index in [1.54, 1.807) is 0 Å². The van der Waals surface area contributed by atoms with E-state index in [0.29, 0.717) is 18.9 Å². The van der Waals surface area contributed by atoms with Gasteiger partial charge in [-0.05, 0) is 38.1 Å². The van der Waals surface area contributed by atoms with Crippen LogP contribution in [0.5, 0.6) is 0 Å². The lowest BCUT2D eigenvalue weighted by Crippen LogP contribution is -2.45. The summed E-state index contributed by atoms with van der Waals surface area (Å²) in [6, 6.07) is -0.0268. The molecule has 4 heteroatoms. The molecule has 1 unspecified atom stereocenters. The van der Waals surface area contributed by atoms with E-state index in [4.69, 9.17) is 5.73 Å². The fraction of sp³-hybridized carbons (Fsp3) is 0.923. The second-order valence-corrected chi connectivity index (χ2v) is 5.25. The van der Waals surface area contributed by atoms with Crippen molar-refractivity contribution in [1.82, 2.24) is 5.32 Å². The Kier molecular flexibility index (Phi) is 6.52. The third-order valence-corrected chi connectivity index (χ3v) is 3.60. The fourth-order valence-corrected chi connectivity index (χ4v) is 2.36. The Balaban J connectivity index is 2.19. The molecular formula is C13H26N2O2. The first-order valence-electron chi connectivity index (χ1n) is 6.81. The number of nitrogens with two attached hydrogens (primary N) is 1. The Morgan fingerprint density at radius 2 is 2.12 bits per heavy atom. The zero-order chi connectivity index (χ0) is 12.7. The summed E-state index contributed by atoms with van der Waals surface area (Å²) in [5, 5.41) is 12.7. The van der Waals surface area contributed by atoms with Crippen molar-refractivity contribution in [2.75, 3.05) is 6.54 Å². The van der Waals surface area contributed by atoms with Gasteiger partial charge >= 0.3 is 0 Å². The third kappa shape index (κ3) is 5.50. The van der Waals surface area contributed by atoms with Crippen LogP contribution in [-0.2, 0) is 4.79 Å². The van der Waals surface area contributed by atoms with Crippen molar-refractivity contribution >= 4 is 5.91 Å². The van der Waals surface area contributed by atoms with Gasteiger partial charge in [0, 0.05) is 6.42 Å². The molecule has 1 rings (SSSR count). The van der Waals surface area contributed by atoms with E-state index in [9.17, 15) is 9.90 Å². The normalized spacial score (nSPS) is 26.5. The number of carbonyl (C=O) groups is 1. The maximum atomic E-state index is 11.7. The summed E-state index contributed by atoms with van der Waals surface area (Å²) in [7, 11) is 0. The molecule has 4 nitrogen and oxygen atoms in total. The summed E-state index contributed by atoms with van der Waals surface area (Å²) >= 11 is 0. The second-order valence-electron chi connectivity index (χ2n) is 5.25. The quantitative estimate of drug-likeness (QED) is 0.654. The van der Waals surface area contributed by atoms with Crippen molar-refractivity contribution in [2.24, 2.45) is 11.7 Å². The van der Waals surface area contributed by atoms with Crippen molar-refractivity contribution in [1.29, 1.82) is 0 Å². The molecular weight excluding hydrogens is 216 g/mol. The lowest BCUT2D eigenvalue weighted by atomic mass is 9.92. The predicted octanol–water partition coefficient (Wildman–Crippen LogP) is 1.17. The van der Waals surface area contributed by atoms with Gasteiger partial charge in [0.25, 0.3) is 0 Å². The van der Waals surface area contributed by atoms with Crippen molar-refractivity contribution in [2.45, 2.75) is 64.0 Å². The van der Waals surface area contributed by atoms with Gasteiger partial charge in [-0.15, -0.1) is 0 Å². The highest BCUT2D eigenvalue weighted by Gasteiger charge is 2.24. The van der Waals surface area contributed by atoms with Crippen LogP contribution in [0.2, 0.25) is 0 Å². The SMILES string of the molecule is CC(CCN)CCC(=O)N[C@@H]1CCCC[C@H]1O. The Hall–Kier alpha value is -0.610. The van der Waals surface area contributed by atoms with Gasteiger partial charge in [0.15, 0.2) is 0 Å². The molecule has 3 atom stereocenters. The number of rotatable bonds is 6. The molecule has 100 valence electrons. The number of nitrogens with one attached hydrogen (secondary N) is 1. The van der Waals surface area contributed by atoms with Gasteiger partial charge in [0.2, 0.25) is 5.91 Å². The molecule has 0 aromatic carbocycles. The van der Waals surface area contributed by atoms with Crippen LogP contribution < -0.4 is 11.1 Å². The minimum absolute atomic E-state index is 0.0268. The van der Waals surface area contributed by atoms with E-state index in [1.807, 2.05) is 0 Å². The average molecular weight is 242 g/mol. The molecule has 0 aliphatic heterocycles. The predicted molar refractivity (Wildman–Crippen MR) is 68.5 cm³/mol. The first-order valence-corrected chi connectivity index (χ1v) is 6.81. The van der Waals surface area contributed by atoms with Gasteiger partial charge in [-0.2, -0.15) is 0 Å². The lowest BCUT2D eigenvalue weighted by molar-refractivity contribution is -0.123. The zero-order valence-corrected chi connectivity index (χ0v) is 10.8. The summed E-state index contributed by atoms with van der Waals surface area (Å²) < 4.78 is 0. The number of carbonyl (C=O) groups excluding carboxylic acids is 1. The summed E-state index contributed by atoms with van der Waals surface area (Å²) in [6.45, 7) is 2.81. The first kappa shape index (κ1) is 14.5. The van der Waals surface area contributed by atoms with E-state index >= 15 is 0 Å². The third-order valence-electron chi connectivity index (χ3n) is 3.60. The Bertz CT molecular complexity index is 233. The van der Waals surface area contributed by atoms with Gasteiger partial charge in [-0.25, -0.2) is 0 Å². The van der Waals surface area contributed by atoms with Crippen LogP contribution >= 0.6 is 0 Å². The van der Waals surface area contributed by atoms with Gasteiger partial charge in [0.1, 0.15) is 0 Å². The summed E-state index contributed by atoms with van der Waals surface area (Å²) in [5.74, 6) is 0.571. The molecule has 1 amide bonds. The Morgan fingerprint density at radius 3 is 2.76 bits per heavy atom. The Morgan fingerprint density at radius 1 is 1.41 bits per heavy atom. The van der Waals surface area contributed by atoms with Crippen LogP contribution in [0, 0.1) is 5.92 Å². The molecule has 0 bridgehead atoms. The molecule has 0 aromatic rings. The highest BCUT2D eigenvalue weighted by atomic mass is 16.3. The molecule has 1 saturated carbocycles. The minimum Gasteiger partial charge on any atom is -0.391 e. The number of aliphatic hydroxyl groups excluding tert-OH is 1. The molecule has 1 aliphatic rings. The van der Waals surface area contributed by atoms with E-state index in [2.05, 4.69) is 12.2 Å². The molecule has 0 aromatic heterocycles. The average Bonchev–Trinajstić information content (AvgIpc) is 2.30. The molecule has 17 heavy (non-hydrogen) atoms. The molecule has 1 fully saturated rings. The van der Waals surface area contributed by atoms with Crippen LogP contribution in [0.4, 0.5) is 0 Å². The maximum Gasteiger partial charge on any atom is 0.220 e. The van der Waals surface area contributed by atoms with Gasteiger partial charge in [-0.3, -0.25) is 4.79 Å². The number of hydrogen-bond acceptors (Lipinski definition) is 3. The topological polar surface area (TPSA) is 75.4 Å². The first-order chi connectivity index (χ1) is 8.13. The van der Waals surface area contributed by atoms with E-state index in [1.165, 1.54) is 0 Å². The zero-order valence-electron chi connectivity index (χ0n) is 10.8. The van der Waals surface area contributed by atoms with Crippen molar-refractivity contribution < 1.29 is 9.90 Å². The lowest BCUT2D eigenvalue weighted by Gasteiger charge is -2.28. The van der Waals surface area contributed by atoms with Crippen LogP contribution in [0.3, 0.4) is 0 Å². The van der Waals surface area contributed by atoms with E-state index in [-0.39, 0.29) is 18.1 Å². The molecule has 0 saturated heterocycles. The van der Waals surface area contributed by atoms with Gasteiger partial charge < -0.3 is 16.2 Å². The summed E-state index contributed by atoms with van der Waals surface area (Å²) in [5.41, 5.74) is 5.47. The molecule has 0 heterocycles. The highest BCUT2D eigenvalue weighted by molar-refractivity contribution is 5.76. The molecule has 0 spiro atoms. The van der Waals surface area contributed by atoms with E-state index < -0.39 is 0 Å². The molecule has 4 N–H and O–H groups in total. The second kappa shape index (κ2) is 7.67. The number of aliphatic hydroxyl groups is 1. The van der Waals surface area contributed by atoms with Gasteiger partial charge in [0.05, 0.1) is 12.1 Å². The van der Waals surface area contributed by atoms with Gasteiger partial charge in [-0.1, -0.05) is 19.8 Å². The highest BCUT2D eigenvalue weighted by Crippen LogP contribution is 2.18. The number of amides is 1. The number of hydrogen-bond donors (Lipinski definition) is 3. The summed E-state index contributed by atoms with van der Waals surface area (Å²) in [6.07, 6.45) is 5.94. The van der Waals surface area contributed by atoms with Crippen molar-refractivity contribution in [3.63, 3.8) is 0 Å². The monoisotopic (exact) mass is 242 g/mol. The van der Waals surface area contributed by atoms with Crippen LogP contribution in [0.1, 0.15) is 51.9 Å². The van der Waals surface area contributed by atoms with Crippen LogP contribution in [0.15, 0.2) is 0 Å². The molecule has 0 radical (unpaired) electrons. The summed E-state index contributed by atoms with van der Waals surface area (Å²) in [4.78, 5) is 11.7. The van der Waals surface area contributed by atoms with E-state index in [0.717, 1.165) is 38.5 Å². The molecule has 1 aliphatic carbocycles. The smallest absolute Gasteiger partial charge is 0.220 e. The Labute approximate surface area is 104 Å². The van der Waals surface area contributed by atoms with Crippen LogP contribution in [-0.4, -0.2) is 29.7 Å². The minimum atomic E-state index is -0.353.